The van der Waals surface area contributed by atoms with Crippen LogP contribution < -0.4 is 5.32 Å². The molecule has 0 bridgehead atoms. The zero-order chi connectivity index (χ0) is 14.3. The van der Waals surface area contributed by atoms with Crippen LogP contribution in [0.15, 0.2) is 16.5 Å². The van der Waals surface area contributed by atoms with Crippen LogP contribution >= 0.6 is 0 Å². The molecule has 19 heavy (non-hydrogen) atoms. The van der Waals surface area contributed by atoms with E-state index in [9.17, 15) is 9.59 Å². The van der Waals surface area contributed by atoms with E-state index in [2.05, 4.69) is 5.32 Å². The minimum absolute atomic E-state index is 0.0515. The average Bonchev–Trinajstić information content (AvgIpc) is 2.73. The van der Waals surface area contributed by atoms with Gasteiger partial charge in [0.15, 0.2) is 0 Å². The molecule has 0 aliphatic rings. The molecule has 0 radical (unpaired) electrons. The summed E-state index contributed by atoms with van der Waals surface area (Å²) in [6.07, 6.45) is 0.631. The third kappa shape index (κ3) is 6.05. The van der Waals surface area contributed by atoms with Crippen molar-refractivity contribution in [1.29, 1.82) is 0 Å². The van der Waals surface area contributed by atoms with Crippen molar-refractivity contribution in [3.63, 3.8) is 0 Å². The van der Waals surface area contributed by atoms with Gasteiger partial charge in [-0.3, -0.25) is 9.59 Å². The van der Waals surface area contributed by atoms with Crippen LogP contribution in [0.5, 0.6) is 0 Å². The summed E-state index contributed by atoms with van der Waals surface area (Å²) in [5.74, 6) is 0.699. The van der Waals surface area contributed by atoms with Crippen molar-refractivity contribution in [3.8, 4) is 0 Å². The van der Waals surface area contributed by atoms with E-state index in [1.807, 2.05) is 19.1 Å². The summed E-state index contributed by atoms with van der Waals surface area (Å²) < 4.78 is 5.39. The Balaban J connectivity index is 2.20. The summed E-state index contributed by atoms with van der Waals surface area (Å²) in [5, 5.41) is 11.4. The van der Waals surface area contributed by atoms with Crippen molar-refractivity contribution in [1.82, 2.24) is 10.2 Å². The zero-order valence-electron chi connectivity index (χ0n) is 11.3. The molecule has 0 saturated carbocycles. The number of carbonyl (C=O) groups is 2. The van der Waals surface area contributed by atoms with Gasteiger partial charge in [0.1, 0.15) is 11.5 Å². The number of likely N-dealkylation sites (N-methyl/N-ethyl adjacent to an activating group) is 1. The number of amides is 1. The summed E-state index contributed by atoms with van der Waals surface area (Å²) in [4.78, 5) is 23.6. The molecule has 0 spiro atoms. The van der Waals surface area contributed by atoms with E-state index < -0.39 is 5.97 Å². The quantitative estimate of drug-likeness (QED) is 0.687. The van der Waals surface area contributed by atoms with Crippen molar-refractivity contribution in [2.45, 2.75) is 26.3 Å². The van der Waals surface area contributed by atoms with E-state index in [1.54, 1.807) is 11.9 Å². The van der Waals surface area contributed by atoms with Crippen molar-refractivity contribution in [2.24, 2.45) is 0 Å². The second kappa shape index (κ2) is 7.58. The van der Waals surface area contributed by atoms with Crippen LogP contribution in [0.3, 0.4) is 0 Å². The van der Waals surface area contributed by atoms with Crippen LogP contribution in [-0.4, -0.2) is 42.0 Å². The molecule has 106 valence electrons. The molecule has 6 heteroatoms. The molecular weight excluding hydrogens is 248 g/mol. The van der Waals surface area contributed by atoms with Gasteiger partial charge >= 0.3 is 5.97 Å². The Morgan fingerprint density at radius 2 is 2.16 bits per heavy atom. The number of aliphatic carboxylic acids is 1. The second-order valence-corrected chi connectivity index (χ2v) is 4.44. The first-order valence-corrected chi connectivity index (χ1v) is 6.21. The predicted octanol–water partition coefficient (Wildman–Crippen LogP) is 1.00. The van der Waals surface area contributed by atoms with Crippen LogP contribution in [0.4, 0.5) is 0 Å². The SMILES string of the molecule is Cc1ccc(CN(C)C(=O)CNCCCC(=O)O)o1. The Morgan fingerprint density at radius 1 is 1.42 bits per heavy atom. The summed E-state index contributed by atoms with van der Waals surface area (Å²) in [6.45, 7) is 3.01. The Hall–Kier alpha value is -1.82. The number of hydrogen-bond donors (Lipinski definition) is 2. The number of nitrogens with zero attached hydrogens (tertiary/aromatic N) is 1. The number of hydrogen-bond acceptors (Lipinski definition) is 4. The van der Waals surface area contributed by atoms with Gasteiger partial charge in [-0.1, -0.05) is 0 Å². The molecule has 1 aromatic rings. The van der Waals surface area contributed by atoms with Crippen LogP contribution in [0.2, 0.25) is 0 Å². The van der Waals surface area contributed by atoms with E-state index >= 15 is 0 Å². The fourth-order valence-corrected chi connectivity index (χ4v) is 1.59. The van der Waals surface area contributed by atoms with Gasteiger partial charge in [0.05, 0.1) is 13.1 Å². The molecule has 0 fully saturated rings. The van der Waals surface area contributed by atoms with E-state index in [1.165, 1.54) is 0 Å². The minimum Gasteiger partial charge on any atom is -0.481 e. The fourth-order valence-electron chi connectivity index (χ4n) is 1.59. The third-order valence-corrected chi connectivity index (χ3v) is 2.64. The summed E-state index contributed by atoms with van der Waals surface area (Å²) in [7, 11) is 1.71. The summed E-state index contributed by atoms with van der Waals surface area (Å²) >= 11 is 0. The average molecular weight is 268 g/mol. The third-order valence-electron chi connectivity index (χ3n) is 2.64. The zero-order valence-corrected chi connectivity index (χ0v) is 11.3. The second-order valence-electron chi connectivity index (χ2n) is 4.44. The molecule has 0 aliphatic heterocycles. The molecule has 1 heterocycles. The largest absolute Gasteiger partial charge is 0.481 e. The normalized spacial score (nSPS) is 10.4. The predicted molar refractivity (Wildman–Crippen MR) is 69.7 cm³/mol. The Labute approximate surface area is 112 Å². The van der Waals surface area contributed by atoms with E-state index in [4.69, 9.17) is 9.52 Å². The molecule has 6 nitrogen and oxygen atoms in total. The van der Waals surface area contributed by atoms with Crippen LogP contribution in [-0.2, 0) is 16.1 Å². The lowest BCUT2D eigenvalue weighted by Crippen LogP contribution is -2.35. The van der Waals surface area contributed by atoms with Gasteiger partial charge in [-0.2, -0.15) is 0 Å². The highest BCUT2D eigenvalue weighted by Gasteiger charge is 2.10. The molecule has 1 rings (SSSR count). The van der Waals surface area contributed by atoms with Crippen molar-refractivity contribution < 1.29 is 19.1 Å². The number of rotatable bonds is 8. The molecule has 0 aromatic carbocycles. The highest BCUT2D eigenvalue weighted by molar-refractivity contribution is 5.77. The first-order chi connectivity index (χ1) is 8.99. The van der Waals surface area contributed by atoms with Gasteiger partial charge in [-0.25, -0.2) is 0 Å². The van der Waals surface area contributed by atoms with Gasteiger partial charge in [0.2, 0.25) is 5.91 Å². The maximum atomic E-state index is 11.8. The topological polar surface area (TPSA) is 82.8 Å². The molecule has 0 unspecified atom stereocenters. The van der Waals surface area contributed by atoms with Crippen LogP contribution in [0.1, 0.15) is 24.4 Å². The Morgan fingerprint density at radius 3 is 2.74 bits per heavy atom. The van der Waals surface area contributed by atoms with Crippen molar-refractivity contribution in [3.05, 3.63) is 23.7 Å². The minimum atomic E-state index is -0.821. The van der Waals surface area contributed by atoms with Gasteiger partial charge in [0, 0.05) is 13.5 Å². The van der Waals surface area contributed by atoms with Crippen molar-refractivity contribution in [2.75, 3.05) is 20.1 Å². The van der Waals surface area contributed by atoms with E-state index in [0.29, 0.717) is 19.5 Å². The number of aryl methyl sites for hydroxylation is 1. The first-order valence-electron chi connectivity index (χ1n) is 6.21. The number of carboxylic acid groups (broad SMARTS) is 1. The lowest BCUT2D eigenvalue weighted by Gasteiger charge is -2.16. The number of nitrogens with one attached hydrogen (secondary N) is 1. The fraction of sp³-hybridized carbons (Fsp3) is 0.538. The standard InChI is InChI=1S/C13H20N2O4/c1-10-5-6-11(19-10)9-15(2)12(16)8-14-7-3-4-13(17)18/h5-6,14H,3-4,7-9H2,1-2H3,(H,17,18). The monoisotopic (exact) mass is 268 g/mol. The van der Waals surface area contributed by atoms with E-state index in [0.717, 1.165) is 11.5 Å². The van der Waals surface area contributed by atoms with Crippen LogP contribution in [0.25, 0.3) is 0 Å². The van der Waals surface area contributed by atoms with Gasteiger partial charge in [-0.05, 0) is 32.0 Å². The molecule has 0 aliphatic carbocycles. The molecule has 0 saturated heterocycles. The molecule has 1 amide bonds. The highest BCUT2D eigenvalue weighted by Crippen LogP contribution is 2.08. The number of furan rings is 1. The Bertz CT molecular complexity index is 428. The summed E-state index contributed by atoms with van der Waals surface area (Å²) in [5.41, 5.74) is 0. The Kier molecular flexibility index (Phi) is 6.08. The lowest BCUT2D eigenvalue weighted by atomic mass is 10.3. The van der Waals surface area contributed by atoms with Crippen molar-refractivity contribution >= 4 is 11.9 Å². The maximum absolute atomic E-state index is 11.8. The number of carbonyl (C=O) groups excluding carboxylic acids is 1. The number of carboxylic acids is 1. The smallest absolute Gasteiger partial charge is 0.303 e. The van der Waals surface area contributed by atoms with Gasteiger partial charge < -0.3 is 19.7 Å². The van der Waals surface area contributed by atoms with E-state index in [-0.39, 0.29) is 18.9 Å². The molecule has 2 N–H and O–H groups in total. The lowest BCUT2D eigenvalue weighted by molar-refractivity contribution is -0.137. The maximum Gasteiger partial charge on any atom is 0.303 e. The molecule has 1 aromatic heterocycles. The van der Waals surface area contributed by atoms with Crippen LogP contribution in [0, 0.1) is 6.92 Å². The highest BCUT2D eigenvalue weighted by atomic mass is 16.4. The molecule has 0 atom stereocenters. The molecular formula is C13H20N2O4. The van der Waals surface area contributed by atoms with Gasteiger partial charge in [-0.15, -0.1) is 0 Å². The first kappa shape index (κ1) is 15.2. The summed E-state index contributed by atoms with van der Waals surface area (Å²) in [6, 6.07) is 3.71. The van der Waals surface area contributed by atoms with Gasteiger partial charge in [0.25, 0.3) is 0 Å².